The minimum absolute atomic E-state index is 0.0376. The van der Waals surface area contributed by atoms with Gasteiger partial charge in [0, 0.05) is 13.0 Å². The van der Waals surface area contributed by atoms with Gasteiger partial charge >= 0.3 is 11.9 Å². The number of hydrogen-bond acceptors (Lipinski definition) is 6. The maximum atomic E-state index is 11.8. The fraction of sp³-hybridized carbons (Fsp3) is 0.455. The second-order valence-corrected chi connectivity index (χ2v) is 5.43. The lowest BCUT2D eigenvalue weighted by molar-refractivity contribution is -0.137. The molecule has 0 fully saturated rings. The van der Waals surface area contributed by atoms with Crippen molar-refractivity contribution in [3.63, 3.8) is 0 Å². The second-order valence-electron chi connectivity index (χ2n) is 3.73. The van der Waals surface area contributed by atoms with Gasteiger partial charge in [-0.3, -0.25) is 4.79 Å². The molecule has 0 amide bonds. The SMILES string of the molecule is CCOC(=O)c1ccc(S(=O)(=O)NCCCC(=O)O)o1. The third-order valence-electron chi connectivity index (χ3n) is 2.18. The predicted molar refractivity (Wildman–Crippen MR) is 66.7 cm³/mol. The summed E-state index contributed by atoms with van der Waals surface area (Å²) in [5.41, 5.74) is 0. The van der Waals surface area contributed by atoms with Gasteiger partial charge in [0.05, 0.1) is 6.61 Å². The van der Waals surface area contributed by atoms with Crippen LogP contribution in [0.4, 0.5) is 0 Å². The Morgan fingerprint density at radius 1 is 1.40 bits per heavy atom. The van der Waals surface area contributed by atoms with Crippen LogP contribution in [0.5, 0.6) is 0 Å². The van der Waals surface area contributed by atoms with Crippen LogP contribution >= 0.6 is 0 Å². The van der Waals surface area contributed by atoms with Crippen LogP contribution in [-0.2, 0) is 19.6 Å². The molecule has 0 saturated heterocycles. The summed E-state index contributed by atoms with van der Waals surface area (Å²) in [6, 6.07) is 2.33. The maximum absolute atomic E-state index is 11.8. The molecular formula is C11H15NO7S. The van der Waals surface area contributed by atoms with Crippen molar-refractivity contribution >= 4 is 22.0 Å². The lowest BCUT2D eigenvalue weighted by Crippen LogP contribution is -2.24. The van der Waals surface area contributed by atoms with Gasteiger partial charge in [-0.25, -0.2) is 17.9 Å². The molecule has 0 spiro atoms. The van der Waals surface area contributed by atoms with E-state index in [2.05, 4.69) is 9.46 Å². The van der Waals surface area contributed by atoms with E-state index in [9.17, 15) is 18.0 Å². The molecule has 0 aromatic carbocycles. The number of carbonyl (C=O) groups is 2. The van der Waals surface area contributed by atoms with Crippen molar-refractivity contribution in [2.75, 3.05) is 13.2 Å². The van der Waals surface area contributed by atoms with Crippen molar-refractivity contribution in [3.8, 4) is 0 Å². The Morgan fingerprint density at radius 2 is 2.10 bits per heavy atom. The standard InChI is InChI=1S/C11H15NO7S/c1-2-18-11(15)8-5-6-10(19-8)20(16,17)12-7-3-4-9(13)14/h5-6,12H,2-4,7H2,1H3,(H,13,14). The first-order valence-corrected chi connectivity index (χ1v) is 7.33. The van der Waals surface area contributed by atoms with Gasteiger partial charge < -0.3 is 14.3 Å². The molecule has 0 saturated carbocycles. The van der Waals surface area contributed by atoms with E-state index in [-0.39, 0.29) is 31.8 Å². The van der Waals surface area contributed by atoms with Crippen molar-refractivity contribution in [1.82, 2.24) is 4.72 Å². The Morgan fingerprint density at radius 3 is 2.70 bits per heavy atom. The average molecular weight is 305 g/mol. The van der Waals surface area contributed by atoms with Crippen LogP contribution < -0.4 is 4.72 Å². The summed E-state index contributed by atoms with van der Waals surface area (Å²) in [7, 11) is -3.90. The van der Waals surface area contributed by atoms with Gasteiger partial charge in [0.15, 0.2) is 0 Å². The molecule has 1 heterocycles. The number of carbonyl (C=O) groups excluding carboxylic acids is 1. The Balaban J connectivity index is 2.64. The molecule has 0 aliphatic heterocycles. The molecule has 9 heteroatoms. The molecule has 1 aromatic heterocycles. The fourth-order valence-electron chi connectivity index (χ4n) is 1.29. The van der Waals surface area contributed by atoms with Crippen molar-refractivity contribution in [2.24, 2.45) is 0 Å². The first-order chi connectivity index (χ1) is 9.36. The van der Waals surface area contributed by atoms with E-state index >= 15 is 0 Å². The molecule has 0 aliphatic carbocycles. The van der Waals surface area contributed by atoms with Crippen LogP contribution in [0.3, 0.4) is 0 Å². The largest absolute Gasteiger partial charge is 0.481 e. The highest BCUT2D eigenvalue weighted by atomic mass is 32.2. The Bertz CT molecular complexity index is 575. The molecule has 2 N–H and O–H groups in total. The van der Waals surface area contributed by atoms with E-state index in [1.807, 2.05) is 0 Å². The second kappa shape index (κ2) is 7.06. The van der Waals surface area contributed by atoms with Crippen LogP contribution in [0.1, 0.15) is 30.3 Å². The van der Waals surface area contributed by atoms with Crippen molar-refractivity contribution < 1.29 is 32.3 Å². The number of carboxylic acid groups (broad SMARTS) is 1. The number of hydrogen-bond donors (Lipinski definition) is 2. The number of rotatable bonds is 8. The van der Waals surface area contributed by atoms with E-state index in [1.165, 1.54) is 6.07 Å². The normalized spacial score (nSPS) is 11.2. The Hall–Kier alpha value is -1.87. The summed E-state index contributed by atoms with van der Waals surface area (Å²) >= 11 is 0. The van der Waals surface area contributed by atoms with Gasteiger partial charge in [-0.1, -0.05) is 0 Å². The molecule has 112 valence electrons. The molecule has 20 heavy (non-hydrogen) atoms. The van der Waals surface area contributed by atoms with Crippen LogP contribution in [0.2, 0.25) is 0 Å². The molecule has 8 nitrogen and oxygen atoms in total. The van der Waals surface area contributed by atoms with Crippen molar-refractivity contribution in [3.05, 3.63) is 17.9 Å². The summed E-state index contributed by atoms with van der Waals surface area (Å²) in [5.74, 6) is -1.97. The third-order valence-corrected chi connectivity index (χ3v) is 3.52. The highest BCUT2D eigenvalue weighted by molar-refractivity contribution is 7.89. The monoisotopic (exact) mass is 305 g/mol. The molecule has 0 bridgehead atoms. The van der Waals surface area contributed by atoms with E-state index in [0.717, 1.165) is 6.07 Å². The van der Waals surface area contributed by atoms with Crippen LogP contribution in [0.15, 0.2) is 21.6 Å². The zero-order valence-corrected chi connectivity index (χ0v) is 11.6. The van der Waals surface area contributed by atoms with Crippen LogP contribution in [0, 0.1) is 0 Å². The minimum atomic E-state index is -3.90. The number of carboxylic acids is 1. The highest BCUT2D eigenvalue weighted by Crippen LogP contribution is 2.14. The number of ether oxygens (including phenoxy) is 1. The number of sulfonamides is 1. The molecule has 1 aromatic rings. The number of nitrogens with one attached hydrogen (secondary N) is 1. The van der Waals surface area contributed by atoms with Crippen LogP contribution in [0.25, 0.3) is 0 Å². The Kier molecular flexibility index (Phi) is 5.71. The van der Waals surface area contributed by atoms with Gasteiger partial charge in [-0.2, -0.15) is 0 Å². The quantitative estimate of drug-likeness (QED) is 0.532. The summed E-state index contributed by atoms with van der Waals surface area (Å²) in [5, 5.41) is 8.01. The molecule has 0 aliphatic rings. The summed E-state index contributed by atoms with van der Waals surface area (Å²) in [6.07, 6.45) is 0.00869. The fourth-order valence-corrected chi connectivity index (χ4v) is 2.30. The Labute approximate surface area is 115 Å². The first kappa shape index (κ1) is 16.2. The van der Waals surface area contributed by atoms with E-state index in [4.69, 9.17) is 9.52 Å². The zero-order valence-electron chi connectivity index (χ0n) is 10.8. The lowest BCUT2D eigenvalue weighted by Gasteiger charge is -2.02. The van der Waals surface area contributed by atoms with Crippen LogP contribution in [-0.4, -0.2) is 38.6 Å². The van der Waals surface area contributed by atoms with Gasteiger partial charge in [0.1, 0.15) is 0 Å². The van der Waals surface area contributed by atoms with Crippen molar-refractivity contribution in [2.45, 2.75) is 24.9 Å². The van der Waals surface area contributed by atoms with E-state index in [1.54, 1.807) is 6.92 Å². The topological polar surface area (TPSA) is 123 Å². The summed E-state index contributed by atoms with van der Waals surface area (Å²) < 4.78 is 35.3. The molecule has 0 radical (unpaired) electrons. The average Bonchev–Trinajstić information content (AvgIpc) is 2.85. The number of aliphatic carboxylic acids is 1. The number of esters is 1. The molecule has 0 atom stereocenters. The highest BCUT2D eigenvalue weighted by Gasteiger charge is 2.21. The zero-order chi connectivity index (χ0) is 15.2. The summed E-state index contributed by atoms with van der Waals surface area (Å²) in [4.78, 5) is 21.6. The van der Waals surface area contributed by atoms with Gasteiger partial charge in [-0.15, -0.1) is 0 Å². The number of furan rings is 1. The molecule has 1 rings (SSSR count). The predicted octanol–water partition coefficient (Wildman–Crippen LogP) is 0.599. The lowest BCUT2D eigenvalue weighted by atomic mass is 10.3. The maximum Gasteiger partial charge on any atom is 0.374 e. The van der Waals surface area contributed by atoms with Gasteiger partial charge in [-0.05, 0) is 25.5 Å². The molecular weight excluding hydrogens is 290 g/mol. The van der Waals surface area contributed by atoms with E-state index in [0.29, 0.717) is 0 Å². The smallest absolute Gasteiger partial charge is 0.374 e. The third kappa shape index (κ3) is 4.67. The van der Waals surface area contributed by atoms with E-state index < -0.39 is 27.1 Å². The van der Waals surface area contributed by atoms with Gasteiger partial charge in [0.2, 0.25) is 10.9 Å². The first-order valence-electron chi connectivity index (χ1n) is 5.85. The van der Waals surface area contributed by atoms with Gasteiger partial charge in [0.25, 0.3) is 10.0 Å². The summed E-state index contributed by atoms with van der Waals surface area (Å²) in [6.45, 7) is 1.72. The minimum Gasteiger partial charge on any atom is -0.481 e. The molecule has 0 unspecified atom stereocenters. The van der Waals surface area contributed by atoms with Crippen molar-refractivity contribution in [1.29, 1.82) is 0 Å².